The van der Waals surface area contributed by atoms with Crippen LogP contribution in [0, 0.1) is 11.8 Å². The van der Waals surface area contributed by atoms with Crippen LogP contribution in [-0.2, 0) is 19.1 Å². The smallest absolute Gasteiger partial charge is 0.407 e. The number of aromatic nitrogens is 5. The predicted molar refractivity (Wildman–Crippen MR) is 224 cm³/mol. The molecule has 3 aromatic heterocycles. The van der Waals surface area contributed by atoms with Crippen LogP contribution in [0.4, 0.5) is 18.4 Å². The van der Waals surface area contributed by atoms with Gasteiger partial charge in [-0.25, -0.2) is 28.3 Å². The van der Waals surface area contributed by atoms with Gasteiger partial charge in [0.2, 0.25) is 11.8 Å². The summed E-state index contributed by atoms with van der Waals surface area (Å²) in [6.07, 6.45) is 2.43. The first kappa shape index (κ1) is 42.2. The normalized spacial score (nSPS) is 20.1. The van der Waals surface area contributed by atoms with Gasteiger partial charge in [0.1, 0.15) is 29.5 Å². The Labute approximate surface area is 356 Å². The van der Waals surface area contributed by atoms with Crippen LogP contribution in [-0.4, -0.2) is 104 Å². The average molecular weight is 856 g/mol. The van der Waals surface area contributed by atoms with E-state index < -0.39 is 55.1 Å². The number of carbonyl (C=O) groups is 4. The van der Waals surface area contributed by atoms with Gasteiger partial charge in [-0.2, -0.15) is 0 Å². The summed E-state index contributed by atoms with van der Waals surface area (Å²) in [5.74, 6) is -2.91. The maximum Gasteiger partial charge on any atom is 0.407 e. The fourth-order valence-electron chi connectivity index (χ4n) is 8.91. The molecule has 4 amide bonds. The number of alkyl carbamates (subject to hydrolysis) is 2. The largest absolute Gasteiger partial charge is 0.470 e. The third-order valence-electron chi connectivity index (χ3n) is 12.1. The van der Waals surface area contributed by atoms with Gasteiger partial charge in [0.25, 0.3) is 5.92 Å². The molecule has 62 heavy (non-hydrogen) atoms. The number of halogens is 2. The van der Waals surface area contributed by atoms with Gasteiger partial charge in [-0.3, -0.25) is 9.59 Å². The summed E-state index contributed by atoms with van der Waals surface area (Å²) in [6, 6.07) is 10.9. The molecule has 2 aromatic carbocycles. The number of methoxy groups -OCH3 is 2. The molecule has 0 bridgehead atoms. The number of H-pyrrole nitrogens is 2. The average Bonchev–Trinajstić information content (AvgIpc) is 4.09. The molecule has 0 spiro atoms. The molecule has 2 fully saturated rings. The number of nitrogens with one attached hydrogen (secondary N) is 4. The summed E-state index contributed by atoms with van der Waals surface area (Å²) in [5.41, 5.74) is 5.79. The molecule has 6 heterocycles. The Kier molecular flexibility index (Phi) is 11.2. The van der Waals surface area contributed by atoms with Crippen molar-refractivity contribution in [1.29, 1.82) is 0 Å². The van der Waals surface area contributed by atoms with Crippen molar-refractivity contribution in [3.05, 3.63) is 66.5 Å². The Morgan fingerprint density at radius 2 is 1.40 bits per heavy atom. The second kappa shape index (κ2) is 16.4. The highest BCUT2D eigenvalue weighted by Crippen LogP contribution is 2.45. The zero-order chi connectivity index (χ0) is 44.2. The number of alkyl halides is 2. The van der Waals surface area contributed by atoms with E-state index >= 15 is 0 Å². The van der Waals surface area contributed by atoms with Crippen molar-refractivity contribution in [3.63, 3.8) is 0 Å². The standard InChI is InChI=1S/C44H51F2N9O7/c1-22(2)36(51-42(58)60-6)40(56)53-14-8-9-32(53)38-47-20-30(49-38)26-10-12-28-33-16-27-15-25(11-13-31(27)55(33)24(5)62-35(28)17-26)29-19-48-39(50-29)34-18-44(45,46)21-54(34)41(57)37(23(3)4)52-43(59)61-7/h10-13,15-17,19-20,22-24,32,34,36-37H,8-9,14,18,21H2,1-7H3,(H,47,49)(H,48,50)(H,51,58)(H,52,59)/t24?,32-,34-,36-,37-/m0/s1. The number of rotatable bonds is 10. The number of likely N-dealkylation sites (tertiary alicyclic amines) is 2. The van der Waals surface area contributed by atoms with Crippen molar-refractivity contribution in [1.82, 2.24) is 44.9 Å². The number of hydrogen-bond acceptors (Lipinski definition) is 9. The number of carbonyl (C=O) groups excluding carboxylic acids is 4. The Morgan fingerprint density at radius 1 is 0.823 bits per heavy atom. The Balaban J connectivity index is 1.03. The molecule has 4 N–H and O–H groups in total. The number of hydrogen-bond donors (Lipinski definition) is 4. The van der Waals surface area contributed by atoms with E-state index in [9.17, 15) is 28.0 Å². The lowest BCUT2D eigenvalue weighted by Crippen LogP contribution is -2.51. The molecule has 3 aliphatic heterocycles. The highest BCUT2D eigenvalue weighted by molar-refractivity contribution is 5.92. The number of nitrogens with zero attached hydrogens (tertiary/aromatic N) is 5. The van der Waals surface area contributed by atoms with Crippen LogP contribution in [0.2, 0.25) is 0 Å². The first-order valence-electron chi connectivity index (χ1n) is 20.8. The molecule has 328 valence electrons. The van der Waals surface area contributed by atoms with Crippen LogP contribution in [0.1, 0.15) is 83.8 Å². The highest BCUT2D eigenvalue weighted by Gasteiger charge is 2.50. The van der Waals surface area contributed by atoms with E-state index in [1.807, 2.05) is 57.2 Å². The van der Waals surface area contributed by atoms with Crippen LogP contribution in [0.3, 0.4) is 0 Å². The molecule has 16 nitrogen and oxygen atoms in total. The zero-order valence-electron chi connectivity index (χ0n) is 35.6. The summed E-state index contributed by atoms with van der Waals surface area (Å²) in [6.45, 7) is 8.93. The Morgan fingerprint density at radius 3 is 2.02 bits per heavy atom. The molecular formula is C44H51F2N9O7. The quantitative estimate of drug-likeness (QED) is 0.112. The van der Waals surface area contributed by atoms with Crippen molar-refractivity contribution >= 4 is 34.9 Å². The third kappa shape index (κ3) is 7.81. The van der Waals surface area contributed by atoms with Crippen LogP contribution in [0.5, 0.6) is 5.75 Å². The van der Waals surface area contributed by atoms with Crippen molar-refractivity contribution < 1.29 is 42.2 Å². The van der Waals surface area contributed by atoms with Gasteiger partial charge in [-0.15, -0.1) is 0 Å². The lowest BCUT2D eigenvalue weighted by Gasteiger charge is -2.30. The van der Waals surface area contributed by atoms with Crippen LogP contribution >= 0.6 is 0 Å². The van der Waals surface area contributed by atoms with E-state index in [0.717, 1.165) is 56.7 Å². The summed E-state index contributed by atoms with van der Waals surface area (Å²) in [4.78, 5) is 70.0. The molecule has 0 saturated carbocycles. The van der Waals surface area contributed by atoms with Crippen molar-refractivity contribution in [2.75, 3.05) is 27.3 Å². The molecule has 0 aliphatic carbocycles. The van der Waals surface area contributed by atoms with Gasteiger partial charge >= 0.3 is 12.2 Å². The minimum absolute atomic E-state index is 0.143. The van der Waals surface area contributed by atoms with E-state index in [-0.39, 0.29) is 35.8 Å². The van der Waals surface area contributed by atoms with E-state index in [1.54, 1.807) is 31.1 Å². The molecule has 0 radical (unpaired) electrons. The van der Waals surface area contributed by atoms with Gasteiger partial charge in [-0.1, -0.05) is 39.8 Å². The summed E-state index contributed by atoms with van der Waals surface area (Å²) >= 11 is 0. The maximum absolute atomic E-state index is 14.9. The number of fused-ring (bicyclic) bond motifs is 5. The zero-order valence-corrected chi connectivity index (χ0v) is 35.6. The lowest BCUT2D eigenvalue weighted by molar-refractivity contribution is -0.137. The van der Waals surface area contributed by atoms with Crippen molar-refractivity contribution in [2.24, 2.45) is 11.8 Å². The SMILES string of the molecule is COC(=O)N[C@H](C(=O)N1CCC[C@H]1c1ncc(-c2ccc3c(c2)OC(C)n2c-3cc3cc(-c4cnc([C@@H]5CC(F)(F)CN5C(=O)[C@@H](NC(=O)OC)C(C)C)[nH]4)ccc32)[nH]1)C(C)C. The second-order valence-corrected chi connectivity index (χ2v) is 16.9. The maximum atomic E-state index is 14.9. The molecule has 3 aliphatic rings. The number of imidazole rings is 2. The van der Waals surface area contributed by atoms with E-state index in [1.165, 1.54) is 14.2 Å². The molecule has 1 unspecified atom stereocenters. The van der Waals surface area contributed by atoms with E-state index in [2.05, 4.69) is 41.0 Å². The van der Waals surface area contributed by atoms with Crippen molar-refractivity contribution in [2.45, 2.75) is 90.2 Å². The van der Waals surface area contributed by atoms with Crippen LogP contribution in [0.25, 0.3) is 44.7 Å². The van der Waals surface area contributed by atoms with Gasteiger partial charge < -0.3 is 49.2 Å². The number of aromatic amines is 2. The Bertz CT molecular complexity index is 2530. The van der Waals surface area contributed by atoms with Gasteiger partial charge in [0.15, 0.2) is 6.23 Å². The van der Waals surface area contributed by atoms with Gasteiger partial charge in [0, 0.05) is 35.0 Å². The molecule has 8 rings (SSSR count). The number of benzene rings is 2. The van der Waals surface area contributed by atoms with Crippen LogP contribution < -0.4 is 15.4 Å². The van der Waals surface area contributed by atoms with Gasteiger partial charge in [0.05, 0.1) is 67.8 Å². The van der Waals surface area contributed by atoms with E-state index in [4.69, 9.17) is 14.5 Å². The molecule has 5 atom stereocenters. The minimum Gasteiger partial charge on any atom is -0.470 e. The number of amides is 4. The minimum atomic E-state index is -3.15. The monoisotopic (exact) mass is 855 g/mol. The number of ether oxygens (including phenoxy) is 3. The summed E-state index contributed by atoms with van der Waals surface area (Å²) in [5, 5.41) is 6.10. The van der Waals surface area contributed by atoms with Gasteiger partial charge in [-0.05, 0) is 61.9 Å². The molecule has 5 aromatic rings. The molecule has 18 heteroatoms. The van der Waals surface area contributed by atoms with Crippen LogP contribution in [0.15, 0.2) is 54.9 Å². The first-order chi connectivity index (χ1) is 29.6. The van der Waals surface area contributed by atoms with E-state index in [0.29, 0.717) is 23.8 Å². The van der Waals surface area contributed by atoms with Crippen molar-refractivity contribution in [3.8, 4) is 39.5 Å². The summed E-state index contributed by atoms with van der Waals surface area (Å²) < 4.78 is 47.9. The summed E-state index contributed by atoms with van der Waals surface area (Å²) in [7, 11) is 2.45. The first-order valence-corrected chi connectivity index (χ1v) is 20.8. The molecule has 2 saturated heterocycles. The Hall–Kier alpha value is -6.46. The third-order valence-corrected chi connectivity index (χ3v) is 12.1. The molecular weight excluding hydrogens is 805 g/mol. The fourth-order valence-corrected chi connectivity index (χ4v) is 8.91. The topological polar surface area (TPSA) is 189 Å². The second-order valence-electron chi connectivity index (χ2n) is 16.9. The highest BCUT2D eigenvalue weighted by atomic mass is 19.3. The predicted octanol–water partition coefficient (Wildman–Crippen LogP) is 7.33. The lowest BCUT2D eigenvalue weighted by atomic mass is 10.0. The fraction of sp³-hybridized carbons (Fsp3) is 0.455.